The first-order valence-electron chi connectivity index (χ1n) is 10.0. The standard InChI is InChI=1S/C25H19ClN2O5/c1-15-7-9-18(21(13-15)28(31)32)22-11-12-23(33-22)25(30)27-20-10-8-17(26)14-19(20)24(29)16-5-3-2-4-6-16/h2-14,24,29H,1H3,(H,27,30). The zero-order valence-electron chi connectivity index (χ0n) is 17.5. The van der Waals surface area contributed by atoms with Gasteiger partial charge in [-0.25, -0.2) is 0 Å². The van der Waals surface area contributed by atoms with Gasteiger partial charge in [0, 0.05) is 22.3 Å². The first kappa shape index (κ1) is 22.3. The van der Waals surface area contributed by atoms with Crippen molar-refractivity contribution in [2.75, 3.05) is 5.32 Å². The van der Waals surface area contributed by atoms with E-state index in [4.69, 9.17) is 16.0 Å². The quantitative estimate of drug-likeness (QED) is 0.264. The minimum absolute atomic E-state index is 0.0324. The number of rotatable bonds is 6. The van der Waals surface area contributed by atoms with Crippen LogP contribution in [-0.4, -0.2) is 15.9 Å². The number of hydrogen-bond donors (Lipinski definition) is 2. The largest absolute Gasteiger partial charge is 0.451 e. The molecule has 0 aliphatic heterocycles. The molecule has 4 rings (SSSR count). The fourth-order valence-corrected chi connectivity index (χ4v) is 3.66. The van der Waals surface area contributed by atoms with Gasteiger partial charge in [0.15, 0.2) is 5.76 Å². The second-order valence-electron chi connectivity index (χ2n) is 7.44. The molecule has 0 saturated heterocycles. The zero-order valence-corrected chi connectivity index (χ0v) is 18.2. The number of nitrogens with one attached hydrogen (secondary N) is 1. The molecule has 0 aliphatic carbocycles. The highest BCUT2D eigenvalue weighted by atomic mass is 35.5. The van der Waals surface area contributed by atoms with E-state index in [1.165, 1.54) is 18.2 Å². The van der Waals surface area contributed by atoms with E-state index < -0.39 is 16.9 Å². The van der Waals surface area contributed by atoms with Gasteiger partial charge in [-0.3, -0.25) is 14.9 Å². The molecule has 33 heavy (non-hydrogen) atoms. The van der Waals surface area contributed by atoms with E-state index >= 15 is 0 Å². The molecule has 0 aliphatic rings. The Kier molecular flexibility index (Phi) is 6.26. The average molecular weight is 463 g/mol. The summed E-state index contributed by atoms with van der Waals surface area (Å²) in [4.78, 5) is 23.8. The molecular formula is C25H19ClN2O5. The van der Waals surface area contributed by atoms with Crippen LogP contribution < -0.4 is 5.32 Å². The number of nitro groups is 1. The molecule has 7 nitrogen and oxygen atoms in total. The van der Waals surface area contributed by atoms with Crippen molar-refractivity contribution in [1.29, 1.82) is 0 Å². The van der Waals surface area contributed by atoms with Gasteiger partial charge in [0.1, 0.15) is 11.9 Å². The second kappa shape index (κ2) is 9.28. The van der Waals surface area contributed by atoms with Crippen molar-refractivity contribution in [3.63, 3.8) is 0 Å². The molecule has 1 heterocycles. The number of carbonyl (C=O) groups excluding carboxylic acids is 1. The number of aliphatic hydroxyl groups is 1. The molecule has 3 aromatic carbocycles. The molecular weight excluding hydrogens is 444 g/mol. The lowest BCUT2D eigenvalue weighted by atomic mass is 10.00. The molecule has 4 aromatic rings. The third kappa shape index (κ3) is 4.79. The minimum Gasteiger partial charge on any atom is -0.451 e. The van der Waals surface area contributed by atoms with E-state index in [1.54, 1.807) is 61.5 Å². The lowest BCUT2D eigenvalue weighted by Gasteiger charge is -2.17. The Balaban J connectivity index is 1.62. The Morgan fingerprint density at radius 1 is 1.06 bits per heavy atom. The number of aryl methyl sites for hydroxylation is 1. The van der Waals surface area contributed by atoms with Gasteiger partial charge < -0.3 is 14.8 Å². The Labute approximate surface area is 194 Å². The maximum Gasteiger partial charge on any atom is 0.291 e. The molecule has 1 aromatic heterocycles. The van der Waals surface area contributed by atoms with Gasteiger partial charge in [0.2, 0.25) is 0 Å². The fraction of sp³-hybridized carbons (Fsp3) is 0.0800. The molecule has 8 heteroatoms. The molecule has 0 saturated carbocycles. The molecule has 2 N–H and O–H groups in total. The summed E-state index contributed by atoms with van der Waals surface area (Å²) in [6.07, 6.45) is -1.01. The van der Waals surface area contributed by atoms with Crippen molar-refractivity contribution in [3.05, 3.63) is 116 Å². The number of halogens is 1. The number of anilines is 1. The number of amides is 1. The van der Waals surface area contributed by atoms with Crippen LogP contribution in [0.4, 0.5) is 11.4 Å². The van der Waals surface area contributed by atoms with E-state index in [1.807, 2.05) is 6.07 Å². The molecule has 1 amide bonds. The monoisotopic (exact) mass is 462 g/mol. The van der Waals surface area contributed by atoms with Crippen LogP contribution in [0.5, 0.6) is 0 Å². The second-order valence-corrected chi connectivity index (χ2v) is 7.88. The molecule has 0 spiro atoms. The first-order valence-corrected chi connectivity index (χ1v) is 10.4. The van der Waals surface area contributed by atoms with Gasteiger partial charge in [-0.1, -0.05) is 48.0 Å². The van der Waals surface area contributed by atoms with Crippen LogP contribution in [0.25, 0.3) is 11.3 Å². The Morgan fingerprint density at radius 2 is 1.82 bits per heavy atom. The van der Waals surface area contributed by atoms with Crippen LogP contribution in [0, 0.1) is 17.0 Å². The Hall–Kier alpha value is -3.94. The van der Waals surface area contributed by atoms with Crippen LogP contribution in [0.15, 0.2) is 83.3 Å². The van der Waals surface area contributed by atoms with E-state index in [-0.39, 0.29) is 22.8 Å². The summed E-state index contributed by atoms with van der Waals surface area (Å²) in [6.45, 7) is 1.76. The number of carbonyl (C=O) groups is 1. The summed E-state index contributed by atoms with van der Waals surface area (Å²) < 4.78 is 5.64. The topological polar surface area (TPSA) is 106 Å². The summed E-state index contributed by atoms with van der Waals surface area (Å²) in [5, 5.41) is 25.4. The van der Waals surface area contributed by atoms with Gasteiger partial charge >= 0.3 is 0 Å². The molecule has 0 fully saturated rings. The Morgan fingerprint density at radius 3 is 2.55 bits per heavy atom. The number of benzene rings is 3. The zero-order chi connectivity index (χ0) is 23.5. The van der Waals surface area contributed by atoms with Gasteiger partial charge in [-0.15, -0.1) is 0 Å². The number of furan rings is 1. The molecule has 0 radical (unpaired) electrons. The maximum absolute atomic E-state index is 12.9. The van der Waals surface area contributed by atoms with Crippen LogP contribution in [0.1, 0.15) is 33.3 Å². The number of nitro benzene ring substituents is 1. The van der Waals surface area contributed by atoms with Gasteiger partial charge in [0.25, 0.3) is 11.6 Å². The van der Waals surface area contributed by atoms with E-state index in [0.29, 0.717) is 21.8 Å². The molecule has 0 bridgehead atoms. The van der Waals surface area contributed by atoms with Crippen LogP contribution in [0.3, 0.4) is 0 Å². The summed E-state index contributed by atoms with van der Waals surface area (Å²) in [5.74, 6) is -0.401. The highest BCUT2D eigenvalue weighted by Gasteiger charge is 2.22. The maximum atomic E-state index is 12.9. The van der Waals surface area contributed by atoms with Crippen molar-refractivity contribution < 1.29 is 19.2 Å². The van der Waals surface area contributed by atoms with Crippen LogP contribution in [-0.2, 0) is 0 Å². The molecule has 1 atom stereocenters. The van der Waals surface area contributed by atoms with Gasteiger partial charge in [-0.2, -0.15) is 0 Å². The smallest absolute Gasteiger partial charge is 0.291 e. The number of hydrogen-bond acceptors (Lipinski definition) is 5. The normalized spacial score (nSPS) is 11.7. The van der Waals surface area contributed by atoms with Crippen molar-refractivity contribution >= 4 is 28.9 Å². The van der Waals surface area contributed by atoms with E-state index in [9.17, 15) is 20.0 Å². The van der Waals surface area contributed by atoms with Crippen LogP contribution >= 0.6 is 11.6 Å². The highest BCUT2D eigenvalue weighted by Crippen LogP contribution is 2.34. The van der Waals surface area contributed by atoms with Gasteiger partial charge in [0.05, 0.1) is 10.5 Å². The predicted octanol–water partition coefficient (Wildman–Crippen LogP) is 6.15. The number of nitrogens with zero attached hydrogens (tertiary/aromatic N) is 1. The third-order valence-electron chi connectivity index (χ3n) is 5.12. The van der Waals surface area contributed by atoms with Gasteiger partial charge in [-0.05, 0) is 54.4 Å². The minimum atomic E-state index is -1.01. The van der Waals surface area contributed by atoms with Crippen molar-refractivity contribution in [2.24, 2.45) is 0 Å². The molecule has 166 valence electrons. The van der Waals surface area contributed by atoms with Crippen LogP contribution in [0.2, 0.25) is 5.02 Å². The fourth-order valence-electron chi connectivity index (χ4n) is 3.48. The SMILES string of the molecule is Cc1ccc(-c2ccc(C(=O)Nc3ccc(Cl)cc3C(O)c3ccccc3)o2)c([N+](=O)[O-])c1. The van der Waals surface area contributed by atoms with Crippen molar-refractivity contribution in [2.45, 2.75) is 13.0 Å². The first-order chi connectivity index (χ1) is 15.8. The summed E-state index contributed by atoms with van der Waals surface area (Å²) in [5.41, 5.74) is 2.33. The third-order valence-corrected chi connectivity index (χ3v) is 5.35. The highest BCUT2D eigenvalue weighted by molar-refractivity contribution is 6.30. The van der Waals surface area contributed by atoms with Crippen molar-refractivity contribution in [3.8, 4) is 11.3 Å². The summed E-state index contributed by atoms with van der Waals surface area (Å²) in [6, 6.07) is 21.5. The lowest BCUT2D eigenvalue weighted by molar-refractivity contribution is -0.384. The lowest BCUT2D eigenvalue weighted by Crippen LogP contribution is -2.14. The van der Waals surface area contributed by atoms with Crippen molar-refractivity contribution in [1.82, 2.24) is 0 Å². The average Bonchev–Trinajstić information content (AvgIpc) is 3.30. The summed E-state index contributed by atoms with van der Waals surface area (Å²) >= 11 is 6.13. The predicted molar refractivity (Wildman–Crippen MR) is 125 cm³/mol. The van der Waals surface area contributed by atoms with E-state index in [2.05, 4.69) is 5.32 Å². The molecule has 1 unspecified atom stereocenters. The van der Waals surface area contributed by atoms with E-state index in [0.717, 1.165) is 5.56 Å². The Bertz CT molecular complexity index is 1330. The number of aliphatic hydroxyl groups excluding tert-OH is 1. The summed E-state index contributed by atoms with van der Waals surface area (Å²) in [7, 11) is 0.